The van der Waals surface area contributed by atoms with Gasteiger partial charge in [-0.3, -0.25) is 4.79 Å². The Balaban J connectivity index is 1.81. The molecule has 0 unspecified atom stereocenters. The molecule has 2 aromatic rings. The lowest BCUT2D eigenvalue weighted by Gasteiger charge is -2.07. The highest BCUT2D eigenvalue weighted by Gasteiger charge is 2.10. The van der Waals surface area contributed by atoms with Gasteiger partial charge in [-0.2, -0.15) is 0 Å². The first kappa shape index (κ1) is 13.8. The van der Waals surface area contributed by atoms with E-state index < -0.39 is 0 Å². The van der Waals surface area contributed by atoms with Gasteiger partial charge in [-0.05, 0) is 36.8 Å². The van der Waals surface area contributed by atoms with Crippen LogP contribution in [0.5, 0.6) is 0 Å². The van der Waals surface area contributed by atoms with E-state index in [9.17, 15) is 4.79 Å². The maximum Gasteiger partial charge on any atom is 0.193 e. The summed E-state index contributed by atoms with van der Waals surface area (Å²) in [6, 6.07) is 17.6. The van der Waals surface area contributed by atoms with Gasteiger partial charge in [0.15, 0.2) is 5.78 Å². The Hall–Kier alpha value is -2.15. The molecular formula is C20H20O. The lowest BCUT2D eigenvalue weighted by Crippen LogP contribution is -2.00. The number of hydrogen-bond donors (Lipinski definition) is 0. The van der Waals surface area contributed by atoms with Gasteiger partial charge in [0.2, 0.25) is 0 Å². The summed E-state index contributed by atoms with van der Waals surface area (Å²) < 4.78 is 0. The van der Waals surface area contributed by atoms with E-state index in [4.69, 9.17) is 0 Å². The summed E-state index contributed by atoms with van der Waals surface area (Å²) in [5, 5.41) is 0. The highest BCUT2D eigenvalue weighted by Crippen LogP contribution is 2.26. The molecule has 0 heterocycles. The molecule has 0 spiro atoms. The smallest absolute Gasteiger partial charge is 0.193 e. The number of hydrogen-bond acceptors (Lipinski definition) is 1. The van der Waals surface area contributed by atoms with Crippen molar-refractivity contribution in [2.75, 3.05) is 0 Å². The molecule has 0 amide bonds. The Morgan fingerprint density at radius 3 is 2.24 bits per heavy atom. The Morgan fingerprint density at radius 2 is 1.48 bits per heavy atom. The zero-order chi connectivity index (χ0) is 14.5. The maximum atomic E-state index is 12.4. The van der Waals surface area contributed by atoms with Crippen molar-refractivity contribution < 1.29 is 4.79 Å². The van der Waals surface area contributed by atoms with E-state index in [0.29, 0.717) is 0 Å². The van der Waals surface area contributed by atoms with E-state index >= 15 is 0 Å². The third kappa shape index (κ3) is 3.30. The molecule has 0 aromatic heterocycles. The zero-order valence-corrected chi connectivity index (χ0v) is 12.2. The molecule has 1 heteroatoms. The van der Waals surface area contributed by atoms with Crippen molar-refractivity contribution in [3.05, 3.63) is 77.4 Å². The van der Waals surface area contributed by atoms with Gasteiger partial charge >= 0.3 is 0 Å². The molecular weight excluding hydrogens is 256 g/mol. The minimum atomic E-state index is 0.0944. The van der Waals surface area contributed by atoms with Gasteiger partial charge in [0.1, 0.15) is 0 Å². The lowest BCUT2D eigenvalue weighted by molar-refractivity contribution is 0.103. The molecule has 1 aliphatic rings. The van der Waals surface area contributed by atoms with Crippen molar-refractivity contribution in [2.24, 2.45) is 0 Å². The molecule has 2 aromatic carbocycles. The van der Waals surface area contributed by atoms with Crippen LogP contribution in [0, 0.1) is 0 Å². The van der Waals surface area contributed by atoms with E-state index in [1.807, 2.05) is 42.5 Å². The topological polar surface area (TPSA) is 17.1 Å². The molecule has 0 saturated carbocycles. The normalized spacial score (nSPS) is 15.1. The summed E-state index contributed by atoms with van der Waals surface area (Å²) >= 11 is 0. The molecule has 0 N–H and O–H groups in total. The van der Waals surface area contributed by atoms with Crippen molar-refractivity contribution in [1.82, 2.24) is 0 Å². The van der Waals surface area contributed by atoms with Crippen LogP contribution < -0.4 is 0 Å². The summed E-state index contributed by atoms with van der Waals surface area (Å²) in [4.78, 5) is 12.4. The largest absolute Gasteiger partial charge is 0.289 e. The van der Waals surface area contributed by atoms with Gasteiger partial charge in [-0.25, -0.2) is 0 Å². The molecule has 0 saturated heterocycles. The van der Waals surface area contributed by atoms with Crippen LogP contribution in [0.2, 0.25) is 0 Å². The molecule has 1 aliphatic carbocycles. The number of carbonyl (C=O) groups is 1. The van der Waals surface area contributed by atoms with Crippen molar-refractivity contribution in [2.45, 2.75) is 32.1 Å². The fraction of sp³-hybridized carbons (Fsp3) is 0.250. The SMILES string of the molecule is O=C(c1ccccc1)c1ccc(C2=CCCCCC2)cc1. The predicted molar refractivity (Wildman–Crippen MR) is 87.4 cm³/mol. The molecule has 1 nitrogen and oxygen atoms in total. The van der Waals surface area contributed by atoms with Crippen LogP contribution >= 0.6 is 0 Å². The van der Waals surface area contributed by atoms with Crippen LogP contribution in [0.3, 0.4) is 0 Å². The minimum absolute atomic E-state index is 0.0944. The van der Waals surface area contributed by atoms with Crippen LogP contribution in [0.25, 0.3) is 5.57 Å². The Morgan fingerprint density at radius 1 is 0.762 bits per heavy atom. The fourth-order valence-electron chi connectivity index (χ4n) is 2.87. The third-order valence-corrected chi connectivity index (χ3v) is 4.09. The molecule has 0 radical (unpaired) electrons. The van der Waals surface area contributed by atoms with Crippen molar-refractivity contribution >= 4 is 11.4 Å². The van der Waals surface area contributed by atoms with Gasteiger partial charge in [-0.1, -0.05) is 67.1 Å². The highest BCUT2D eigenvalue weighted by molar-refractivity contribution is 6.09. The molecule has 0 aliphatic heterocycles. The van der Waals surface area contributed by atoms with Gasteiger partial charge in [-0.15, -0.1) is 0 Å². The lowest BCUT2D eigenvalue weighted by atomic mass is 9.97. The first-order valence-corrected chi connectivity index (χ1v) is 7.74. The van der Waals surface area contributed by atoms with Crippen molar-refractivity contribution in [3.8, 4) is 0 Å². The molecule has 0 bridgehead atoms. The Labute approximate surface area is 126 Å². The van der Waals surface area contributed by atoms with E-state index in [2.05, 4.69) is 18.2 Å². The molecule has 0 fully saturated rings. The first-order chi connectivity index (χ1) is 10.3. The Bertz CT molecular complexity index is 635. The molecule has 21 heavy (non-hydrogen) atoms. The zero-order valence-electron chi connectivity index (χ0n) is 12.2. The van der Waals surface area contributed by atoms with Crippen molar-refractivity contribution in [1.29, 1.82) is 0 Å². The quantitative estimate of drug-likeness (QED) is 0.698. The van der Waals surface area contributed by atoms with Crippen LogP contribution in [0.1, 0.15) is 53.6 Å². The number of rotatable bonds is 3. The third-order valence-electron chi connectivity index (χ3n) is 4.09. The van der Waals surface area contributed by atoms with E-state index in [0.717, 1.165) is 17.5 Å². The van der Waals surface area contributed by atoms with Crippen LogP contribution in [0.15, 0.2) is 60.7 Å². The second kappa shape index (κ2) is 6.53. The fourth-order valence-corrected chi connectivity index (χ4v) is 2.87. The predicted octanol–water partition coefficient (Wildman–Crippen LogP) is 5.27. The highest BCUT2D eigenvalue weighted by atomic mass is 16.1. The van der Waals surface area contributed by atoms with Gasteiger partial charge in [0.05, 0.1) is 0 Å². The standard InChI is InChI=1S/C20H20O/c21-20(18-10-6-3-7-11-18)19-14-12-17(13-15-19)16-8-4-1-2-5-9-16/h3,6-8,10-15H,1-2,4-5,9H2. The van der Waals surface area contributed by atoms with Crippen LogP contribution in [-0.4, -0.2) is 5.78 Å². The molecule has 106 valence electrons. The minimum Gasteiger partial charge on any atom is -0.289 e. The monoisotopic (exact) mass is 276 g/mol. The summed E-state index contributed by atoms with van der Waals surface area (Å²) in [5.74, 6) is 0.0944. The number of ketones is 1. The van der Waals surface area contributed by atoms with Gasteiger partial charge in [0.25, 0.3) is 0 Å². The average molecular weight is 276 g/mol. The van der Waals surface area contributed by atoms with E-state index in [1.54, 1.807) is 0 Å². The summed E-state index contributed by atoms with van der Waals surface area (Å²) in [6.07, 6.45) is 8.60. The first-order valence-electron chi connectivity index (χ1n) is 7.74. The summed E-state index contributed by atoms with van der Waals surface area (Å²) in [5.41, 5.74) is 4.21. The number of allylic oxidation sites excluding steroid dienone is 2. The average Bonchev–Trinajstić information content (AvgIpc) is 2.84. The van der Waals surface area contributed by atoms with E-state index in [1.165, 1.54) is 36.8 Å². The maximum absolute atomic E-state index is 12.4. The van der Waals surface area contributed by atoms with Crippen LogP contribution in [0.4, 0.5) is 0 Å². The van der Waals surface area contributed by atoms with Gasteiger partial charge < -0.3 is 0 Å². The summed E-state index contributed by atoms with van der Waals surface area (Å²) in [6.45, 7) is 0. The van der Waals surface area contributed by atoms with Crippen LogP contribution in [-0.2, 0) is 0 Å². The van der Waals surface area contributed by atoms with Crippen molar-refractivity contribution in [3.63, 3.8) is 0 Å². The summed E-state index contributed by atoms with van der Waals surface area (Å²) in [7, 11) is 0. The second-order valence-electron chi connectivity index (χ2n) is 5.60. The van der Waals surface area contributed by atoms with Gasteiger partial charge in [0, 0.05) is 11.1 Å². The second-order valence-corrected chi connectivity index (χ2v) is 5.60. The molecule has 0 atom stereocenters. The molecule has 3 rings (SSSR count). The number of benzene rings is 2. The van der Waals surface area contributed by atoms with E-state index in [-0.39, 0.29) is 5.78 Å². The Kier molecular flexibility index (Phi) is 4.30. The number of carbonyl (C=O) groups excluding carboxylic acids is 1.